The van der Waals surface area contributed by atoms with Crippen LogP contribution >= 0.6 is 11.8 Å². The molecule has 28 heavy (non-hydrogen) atoms. The summed E-state index contributed by atoms with van der Waals surface area (Å²) in [6.07, 6.45) is 2.11. The maximum absolute atomic E-state index is 13.1. The lowest BCUT2D eigenvalue weighted by Crippen LogP contribution is -2.19. The normalized spacial score (nSPS) is 14.5. The smallest absolute Gasteiger partial charge is 0.242 e. The molecule has 0 spiro atoms. The number of hydrogen-bond donors (Lipinski definition) is 1. The minimum Gasteiger partial charge on any atom is -0.325 e. The van der Waals surface area contributed by atoms with Crippen molar-refractivity contribution < 1.29 is 9.59 Å². The van der Waals surface area contributed by atoms with Crippen LogP contribution < -0.4 is 5.32 Å². The first kappa shape index (κ1) is 18.4. The average Bonchev–Trinajstić information content (AvgIpc) is 3.45. The van der Waals surface area contributed by atoms with Crippen molar-refractivity contribution in [3.63, 3.8) is 0 Å². The molecule has 1 N–H and O–H groups in total. The van der Waals surface area contributed by atoms with E-state index in [9.17, 15) is 9.59 Å². The van der Waals surface area contributed by atoms with E-state index < -0.39 is 5.25 Å². The lowest BCUT2D eigenvalue weighted by molar-refractivity contribution is -0.115. The molecule has 1 aromatic heterocycles. The number of anilines is 1. The van der Waals surface area contributed by atoms with Crippen LogP contribution in [0.1, 0.15) is 47.0 Å². The van der Waals surface area contributed by atoms with E-state index in [1.807, 2.05) is 30.3 Å². The van der Waals surface area contributed by atoms with E-state index in [1.165, 1.54) is 18.7 Å². The Morgan fingerprint density at radius 1 is 1.14 bits per heavy atom. The van der Waals surface area contributed by atoms with Gasteiger partial charge < -0.3 is 5.32 Å². The van der Waals surface area contributed by atoms with E-state index in [4.69, 9.17) is 0 Å². The summed E-state index contributed by atoms with van der Waals surface area (Å²) in [5, 5.41) is 15.0. The summed E-state index contributed by atoms with van der Waals surface area (Å²) in [5.41, 5.74) is 2.00. The summed E-state index contributed by atoms with van der Waals surface area (Å²) < 4.78 is 1.80. The maximum Gasteiger partial charge on any atom is 0.242 e. The van der Waals surface area contributed by atoms with Gasteiger partial charge in [-0.15, -0.1) is 5.10 Å². The molecule has 0 bridgehead atoms. The van der Waals surface area contributed by atoms with Crippen molar-refractivity contribution >= 4 is 29.1 Å². The zero-order valence-electron chi connectivity index (χ0n) is 15.3. The van der Waals surface area contributed by atoms with E-state index >= 15 is 0 Å². The quantitative estimate of drug-likeness (QED) is 0.486. The average molecular weight is 393 g/mol. The van der Waals surface area contributed by atoms with Crippen LogP contribution in [-0.4, -0.2) is 31.9 Å². The summed E-state index contributed by atoms with van der Waals surface area (Å²) in [5.74, 6) is -0.240. The molecule has 0 aliphatic heterocycles. The Labute approximate surface area is 166 Å². The van der Waals surface area contributed by atoms with Crippen molar-refractivity contribution in [1.29, 1.82) is 0 Å². The van der Waals surface area contributed by atoms with Gasteiger partial charge in [-0.05, 0) is 47.9 Å². The SMILES string of the molecule is CC(=O)c1cccc(NC(=O)[C@H](Sc2nnnn2C2CC2)c2ccccc2)c1. The first-order chi connectivity index (χ1) is 13.6. The van der Waals surface area contributed by atoms with Crippen LogP contribution in [0.15, 0.2) is 59.8 Å². The van der Waals surface area contributed by atoms with Crippen molar-refractivity contribution in [3.05, 3.63) is 65.7 Å². The lowest BCUT2D eigenvalue weighted by Gasteiger charge is -2.16. The molecule has 1 amide bonds. The van der Waals surface area contributed by atoms with Crippen molar-refractivity contribution in [3.8, 4) is 0 Å². The topological polar surface area (TPSA) is 89.8 Å². The second-order valence-electron chi connectivity index (χ2n) is 6.67. The fourth-order valence-corrected chi connectivity index (χ4v) is 3.89. The zero-order valence-corrected chi connectivity index (χ0v) is 16.1. The third kappa shape index (κ3) is 4.12. The molecule has 0 unspecified atom stereocenters. The molecule has 2 aromatic carbocycles. The Morgan fingerprint density at radius 2 is 1.93 bits per heavy atom. The van der Waals surface area contributed by atoms with Gasteiger partial charge in [-0.25, -0.2) is 4.68 Å². The van der Waals surface area contributed by atoms with Gasteiger partial charge in [0.2, 0.25) is 11.1 Å². The molecule has 3 aromatic rings. The Morgan fingerprint density at radius 3 is 2.64 bits per heavy atom. The number of tetrazole rings is 1. The van der Waals surface area contributed by atoms with Gasteiger partial charge in [0.1, 0.15) is 5.25 Å². The van der Waals surface area contributed by atoms with Crippen molar-refractivity contribution in [2.24, 2.45) is 0 Å². The van der Waals surface area contributed by atoms with Crippen LogP contribution in [0.2, 0.25) is 0 Å². The van der Waals surface area contributed by atoms with Crippen LogP contribution in [0.3, 0.4) is 0 Å². The molecule has 7 nitrogen and oxygen atoms in total. The van der Waals surface area contributed by atoms with Crippen LogP contribution in [0.25, 0.3) is 0 Å². The van der Waals surface area contributed by atoms with Crippen LogP contribution in [0.4, 0.5) is 5.69 Å². The van der Waals surface area contributed by atoms with Crippen LogP contribution in [0.5, 0.6) is 0 Å². The van der Waals surface area contributed by atoms with Crippen molar-refractivity contribution in [2.75, 3.05) is 5.32 Å². The van der Waals surface area contributed by atoms with Gasteiger partial charge in [0, 0.05) is 11.3 Å². The van der Waals surface area contributed by atoms with Gasteiger partial charge in [-0.1, -0.05) is 54.2 Å². The van der Waals surface area contributed by atoms with Crippen molar-refractivity contribution in [1.82, 2.24) is 20.2 Å². The van der Waals surface area contributed by atoms with Gasteiger partial charge in [-0.3, -0.25) is 9.59 Å². The monoisotopic (exact) mass is 393 g/mol. The van der Waals surface area contributed by atoms with E-state index in [2.05, 4.69) is 20.8 Å². The summed E-state index contributed by atoms with van der Waals surface area (Å²) >= 11 is 1.33. The molecule has 1 fully saturated rings. The number of nitrogens with zero attached hydrogens (tertiary/aromatic N) is 4. The van der Waals surface area contributed by atoms with Gasteiger partial charge in [0.25, 0.3) is 0 Å². The number of rotatable bonds is 7. The predicted molar refractivity (Wildman–Crippen MR) is 106 cm³/mol. The number of ketones is 1. The molecular formula is C20H19N5O2S. The highest BCUT2D eigenvalue weighted by Gasteiger charge is 2.31. The van der Waals surface area contributed by atoms with E-state index in [0.717, 1.165) is 18.4 Å². The van der Waals surface area contributed by atoms with E-state index in [-0.39, 0.29) is 11.7 Å². The second kappa shape index (κ2) is 7.93. The highest BCUT2D eigenvalue weighted by molar-refractivity contribution is 8.00. The zero-order chi connectivity index (χ0) is 19.5. The Balaban J connectivity index is 1.60. The third-order valence-electron chi connectivity index (χ3n) is 4.46. The lowest BCUT2D eigenvalue weighted by atomic mass is 10.1. The number of carbonyl (C=O) groups excluding carboxylic acids is 2. The number of benzene rings is 2. The van der Waals surface area contributed by atoms with Crippen molar-refractivity contribution in [2.45, 2.75) is 36.2 Å². The molecule has 4 rings (SSSR count). The minimum absolute atomic E-state index is 0.0475. The van der Waals surface area contributed by atoms with Gasteiger partial charge >= 0.3 is 0 Å². The van der Waals surface area contributed by atoms with E-state index in [1.54, 1.807) is 28.9 Å². The summed E-state index contributed by atoms with van der Waals surface area (Å²) in [7, 11) is 0. The molecule has 142 valence electrons. The molecule has 1 heterocycles. The Hall–Kier alpha value is -3.00. The largest absolute Gasteiger partial charge is 0.325 e. The fourth-order valence-electron chi connectivity index (χ4n) is 2.84. The van der Waals surface area contributed by atoms with Crippen LogP contribution in [-0.2, 0) is 4.79 Å². The first-order valence-corrected chi connectivity index (χ1v) is 9.91. The molecule has 1 saturated carbocycles. The summed E-state index contributed by atoms with van der Waals surface area (Å²) in [6, 6.07) is 16.8. The van der Waals surface area contributed by atoms with Gasteiger partial charge in [0.15, 0.2) is 5.78 Å². The standard InChI is InChI=1S/C20H19N5O2S/c1-13(26)15-8-5-9-16(12-15)21-19(27)18(14-6-3-2-4-7-14)28-20-22-23-24-25(20)17-10-11-17/h2-9,12,17-18H,10-11H2,1H3,(H,21,27)/t18-/m1/s1. The first-order valence-electron chi connectivity index (χ1n) is 9.03. The summed E-state index contributed by atoms with van der Waals surface area (Å²) in [6.45, 7) is 1.50. The highest BCUT2D eigenvalue weighted by atomic mass is 32.2. The summed E-state index contributed by atoms with van der Waals surface area (Å²) in [4.78, 5) is 24.7. The molecule has 1 atom stereocenters. The molecular weight excluding hydrogens is 374 g/mol. The predicted octanol–water partition coefficient (Wildman–Crippen LogP) is 3.68. The fraction of sp³-hybridized carbons (Fsp3) is 0.250. The maximum atomic E-state index is 13.1. The number of nitrogens with one attached hydrogen (secondary N) is 1. The van der Waals surface area contributed by atoms with E-state index in [0.29, 0.717) is 22.4 Å². The molecule has 8 heteroatoms. The number of Topliss-reactive ketones (excluding diaryl/α,β-unsaturated/α-hetero) is 1. The highest BCUT2D eigenvalue weighted by Crippen LogP contribution is 2.40. The molecule has 0 saturated heterocycles. The van der Waals surface area contributed by atoms with Gasteiger partial charge in [0.05, 0.1) is 6.04 Å². The number of thioether (sulfide) groups is 1. The molecule has 1 aliphatic carbocycles. The Bertz CT molecular complexity index is 1000. The minimum atomic E-state index is -0.523. The van der Waals surface area contributed by atoms with Crippen LogP contribution in [0, 0.1) is 0 Å². The second-order valence-corrected chi connectivity index (χ2v) is 7.74. The number of aromatic nitrogens is 4. The third-order valence-corrected chi connectivity index (χ3v) is 5.66. The number of carbonyl (C=O) groups is 2. The molecule has 1 aliphatic rings. The van der Waals surface area contributed by atoms with Gasteiger partial charge in [-0.2, -0.15) is 0 Å². The Kier molecular flexibility index (Phi) is 5.21. The molecule has 0 radical (unpaired) electrons. The number of amides is 1. The number of hydrogen-bond acceptors (Lipinski definition) is 6.